The fraction of sp³-hybridized carbons (Fsp3) is 0.300. The standard InChI is InChI=1S/C10H11FN2O4/c1-5(14)8(10(16)17)13-9(15)7-3-2-6(11)4-12-7/h2-5,8,14H,1H3,(H,13,15)(H,16,17). The van der Waals surface area contributed by atoms with E-state index in [1.165, 1.54) is 6.92 Å². The molecule has 1 heterocycles. The van der Waals surface area contributed by atoms with Crippen molar-refractivity contribution < 1.29 is 24.2 Å². The summed E-state index contributed by atoms with van der Waals surface area (Å²) in [6.07, 6.45) is -0.413. The number of halogens is 1. The van der Waals surface area contributed by atoms with E-state index >= 15 is 0 Å². The molecule has 1 aromatic rings. The molecule has 0 aliphatic carbocycles. The lowest BCUT2D eigenvalue weighted by atomic mass is 10.2. The third-order valence-electron chi connectivity index (χ3n) is 2.00. The Morgan fingerprint density at radius 2 is 2.12 bits per heavy atom. The van der Waals surface area contributed by atoms with Gasteiger partial charge in [-0.1, -0.05) is 0 Å². The molecule has 0 aliphatic rings. The van der Waals surface area contributed by atoms with Crippen LogP contribution in [-0.2, 0) is 4.79 Å². The van der Waals surface area contributed by atoms with Crippen LogP contribution in [0.2, 0.25) is 0 Å². The summed E-state index contributed by atoms with van der Waals surface area (Å²) in [4.78, 5) is 25.7. The molecule has 1 amide bonds. The van der Waals surface area contributed by atoms with Crippen LogP contribution in [0.5, 0.6) is 0 Å². The first kappa shape index (κ1) is 13.0. The molecule has 6 nitrogen and oxygen atoms in total. The van der Waals surface area contributed by atoms with Crippen LogP contribution >= 0.6 is 0 Å². The maximum atomic E-state index is 12.5. The van der Waals surface area contributed by atoms with Gasteiger partial charge in [-0.25, -0.2) is 14.2 Å². The van der Waals surface area contributed by atoms with Crippen molar-refractivity contribution in [3.63, 3.8) is 0 Å². The number of aliphatic hydroxyl groups is 1. The van der Waals surface area contributed by atoms with Crippen molar-refractivity contribution in [2.45, 2.75) is 19.1 Å². The second-order valence-electron chi connectivity index (χ2n) is 3.39. The van der Waals surface area contributed by atoms with Gasteiger partial charge in [-0.2, -0.15) is 0 Å². The van der Waals surface area contributed by atoms with Gasteiger partial charge in [0, 0.05) is 0 Å². The summed E-state index contributed by atoms with van der Waals surface area (Å²) in [5.41, 5.74) is -0.127. The summed E-state index contributed by atoms with van der Waals surface area (Å²) >= 11 is 0. The van der Waals surface area contributed by atoms with Crippen LogP contribution in [0.1, 0.15) is 17.4 Å². The van der Waals surface area contributed by atoms with Crippen molar-refractivity contribution in [1.82, 2.24) is 10.3 Å². The summed E-state index contributed by atoms with van der Waals surface area (Å²) in [5, 5.41) is 20.0. The summed E-state index contributed by atoms with van der Waals surface area (Å²) in [7, 11) is 0. The van der Waals surface area contributed by atoms with E-state index in [0.717, 1.165) is 18.3 Å². The third kappa shape index (κ3) is 3.49. The number of aromatic nitrogens is 1. The molecule has 17 heavy (non-hydrogen) atoms. The number of hydrogen-bond donors (Lipinski definition) is 3. The molecule has 0 aliphatic heterocycles. The second kappa shape index (κ2) is 5.35. The molecule has 0 aromatic carbocycles. The summed E-state index contributed by atoms with van der Waals surface area (Å²) in [5.74, 6) is -2.76. The van der Waals surface area contributed by atoms with Gasteiger partial charge in [0.15, 0.2) is 6.04 Å². The van der Waals surface area contributed by atoms with E-state index in [4.69, 9.17) is 10.2 Å². The number of nitrogens with zero attached hydrogens (tertiary/aromatic N) is 1. The molecule has 0 bridgehead atoms. The highest BCUT2D eigenvalue weighted by Crippen LogP contribution is 2.00. The van der Waals surface area contributed by atoms with Crippen molar-refractivity contribution in [2.75, 3.05) is 0 Å². The van der Waals surface area contributed by atoms with Crippen LogP contribution in [0, 0.1) is 5.82 Å². The van der Waals surface area contributed by atoms with Gasteiger partial charge in [0.05, 0.1) is 12.3 Å². The number of hydrogen-bond acceptors (Lipinski definition) is 4. The Labute approximate surface area is 96.1 Å². The summed E-state index contributed by atoms with van der Waals surface area (Å²) in [6.45, 7) is 1.23. The zero-order chi connectivity index (χ0) is 13.0. The van der Waals surface area contributed by atoms with Crippen LogP contribution < -0.4 is 5.32 Å². The number of carboxylic acid groups (broad SMARTS) is 1. The highest BCUT2D eigenvalue weighted by atomic mass is 19.1. The number of pyridine rings is 1. The zero-order valence-electron chi connectivity index (χ0n) is 8.92. The predicted molar refractivity (Wildman–Crippen MR) is 54.8 cm³/mol. The highest BCUT2D eigenvalue weighted by Gasteiger charge is 2.25. The van der Waals surface area contributed by atoms with Crippen molar-refractivity contribution in [2.24, 2.45) is 0 Å². The van der Waals surface area contributed by atoms with Gasteiger partial charge in [0.25, 0.3) is 5.91 Å². The largest absolute Gasteiger partial charge is 0.480 e. The van der Waals surface area contributed by atoms with E-state index in [1.54, 1.807) is 0 Å². The number of aliphatic hydroxyl groups excluding tert-OH is 1. The predicted octanol–water partition coefficient (Wildman–Crippen LogP) is -0.216. The van der Waals surface area contributed by atoms with Crippen molar-refractivity contribution in [3.8, 4) is 0 Å². The minimum Gasteiger partial charge on any atom is -0.480 e. The van der Waals surface area contributed by atoms with Crippen LogP contribution in [0.25, 0.3) is 0 Å². The number of carbonyl (C=O) groups excluding carboxylic acids is 1. The molecule has 0 saturated heterocycles. The average Bonchev–Trinajstić information content (AvgIpc) is 2.25. The van der Waals surface area contributed by atoms with Gasteiger partial charge in [0.2, 0.25) is 0 Å². The number of amides is 1. The molecule has 0 fully saturated rings. The first-order valence-electron chi connectivity index (χ1n) is 4.75. The second-order valence-corrected chi connectivity index (χ2v) is 3.39. The Hall–Kier alpha value is -2.02. The van der Waals surface area contributed by atoms with Gasteiger partial charge in [-0.05, 0) is 19.1 Å². The van der Waals surface area contributed by atoms with E-state index in [9.17, 15) is 14.0 Å². The number of rotatable bonds is 4. The van der Waals surface area contributed by atoms with Crippen molar-refractivity contribution >= 4 is 11.9 Å². The lowest BCUT2D eigenvalue weighted by molar-refractivity contribution is -0.141. The molecule has 92 valence electrons. The van der Waals surface area contributed by atoms with Crippen LogP contribution in [-0.4, -0.2) is 39.2 Å². The number of aliphatic carboxylic acids is 1. The SMILES string of the molecule is CC(O)C(NC(=O)c1ccc(F)cn1)C(=O)O. The van der Waals surface area contributed by atoms with Crippen molar-refractivity contribution in [1.29, 1.82) is 0 Å². The lowest BCUT2D eigenvalue weighted by Gasteiger charge is -2.16. The van der Waals surface area contributed by atoms with Crippen LogP contribution in [0.4, 0.5) is 4.39 Å². The maximum absolute atomic E-state index is 12.5. The quantitative estimate of drug-likeness (QED) is 0.678. The summed E-state index contributed by atoms with van der Waals surface area (Å²) in [6, 6.07) is 0.709. The average molecular weight is 242 g/mol. The minimum atomic E-state index is -1.44. The van der Waals surface area contributed by atoms with E-state index in [2.05, 4.69) is 10.3 Å². The first-order chi connectivity index (χ1) is 7.91. The molecular weight excluding hydrogens is 231 g/mol. The molecule has 0 spiro atoms. The Balaban J connectivity index is 2.77. The normalized spacial score (nSPS) is 13.8. The smallest absolute Gasteiger partial charge is 0.328 e. The molecule has 0 radical (unpaired) electrons. The summed E-state index contributed by atoms with van der Waals surface area (Å²) < 4.78 is 12.5. The zero-order valence-corrected chi connectivity index (χ0v) is 8.92. The first-order valence-corrected chi connectivity index (χ1v) is 4.75. The van der Waals surface area contributed by atoms with E-state index in [-0.39, 0.29) is 5.69 Å². The van der Waals surface area contributed by atoms with Gasteiger partial charge in [-0.3, -0.25) is 4.79 Å². The molecule has 2 unspecified atom stereocenters. The Kier molecular flexibility index (Phi) is 4.11. The fourth-order valence-corrected chi connectivity index (χ4v) is 1.11. The topological polar surface area (TPSA) is 99.5 Å². The van der Waals surface area contributed by atoms with Gasteiger partial charge in [0.1, 0.15) is 11.5 Å². The van der Waals surface area contributed by atoms with Crippen LogP contribution in [0.15, 0.2) is 18.3 Å². The minimum absolute atomic E-state index is 0.127. The Morgan fingerprint density at radius 3 is 2.53 bits per heavy atom. The molecule has 2 atom stereocenters. The Morgan fingerprint density at radius 1 is 1.47 bits per heavy atom. The highest BCUT2D eigenvalue weighted by molar-refractivity contribution is 5.95. The third-order valence-corrected chi connectivity index (χ3v) is 2.00. The van der Waals surface area contributed by atoms with E-state index < -0.39 is 29.8 Å². The molecule has 1 aromatic heterocycles. The van der Waals surface area contributed by atoms with Gasteiger partial charge >= 0.3 is 5.97 Å². The monoisotopic (exact) mass is 242 g/mol. The fourth-order valence-electron chi connectivity index (χ4n) is 1.11. The number of carbonyl (C=O) groups is 2. The molecule has 7 heteroatoms. The van der Waals surface area contributed by atoms with E-state index in [0.29, 0.717) is 0 Å². The molecule has 3 N–H and O–H groups in total. The molecule has 1 rings (SSSR count). The Bertz CT molecular complexity index is 419. The molecular formula is C10H11FN2O4. The lowest BCUT2D eigenvalue weighted by Crippen LogP contribution is -2.47. The van der Waals surface area contributed by atoms with Crippen LogP contribution in [0.3, 0.4) is 0 Å². The number of carboxylic acids is 1. The maximum Gasteiger partial charge on any atom is 0.328 e. The molecule has 0 saturated carbocycles. The van der Waals surface area contributed by atoms with Gasteiger partial charge < -0.3 is 15.5 Å². The van der Waals surface area contributed by atoms with E-state index in [1.807, 2.05) is 0 Å². The van der Waals surface area contributed by atoms with Gasteiger partial charge in [-0.15, -0.1) is 0 Å². The number of nitrogens with one attached hydrogen (secondary N) is 1. The van der Waals surface area contributed by atoms with Crippen molar-refractivity contribution in [3.05, 3.63) is 29.8 Å².